The molecular formula is C15H14F4N6O. The van der Waals surface area contributed by atoms with Crippen molar-refractivity contribution in [3.63, 3.8) is 0 Å². The van der Waals surface area contributed by atoms with Crippen LogP contribution in [0.4, 0.5) is 29.2 Å². The minimum atomic E-state index is -4.48. The average molecular weight is 370 g/mol. The van der Waals surface area contributed by atoms with Gasteiger partial charge in [0.2, 0.25) is 5.91 Å². The Morgan fingerprint density at radius 3 is 2.73 bits per heavy atom. The number of alkyl halides is 3. The van der Waals surface area contributed by atoms with Crippen LogP contribution in [0.25, 0.3) is 11.4 Å². The largest absolute Gasteiger partial charge is 0.405 e. The lowest BCUT2D eigenvalue weighted by Crippen LogP contribution is -2.55. The molecular weight excluding hydrogens is 356 g/mol. The van der Waals surface area contributed by atoms with Crippen molar-refractivity contribution < 1.29 is 22.4 Å². The fourth-order valence-corrected chi connectivity index (χ4v) is 2.47. The van der Waals surface area contributed by atoms with E-state index in [1.807, 2.05) is 5.32 Å². The van der Waals surface area contributed by atoms with Crippen molar-refractivity contribution in [3.8, 4) is 11.4 Å². The number of aromatic nitrogens is 3. The van der Waals surface area contributed by atoms with Crippen LogP contribution >= 0.6 is 0 Å². The second-order valence-electron chi connectivity index (χ2n) is 5.74. The molecule has 2 aromatic heterocycles. The number of hydrogen-bond donors (Lipinski definition) is 2. The number of nitrogens with two attached hydrogens (primary N) is 1. The molecule has 11 heteroatoms. The van der Waals surface area contributed by atoms with E-state index in [1.165, 1.54) is 11.1 Å². The number of hydrogen-bond acceptors (Lipinski definition) is 6. The number of pyridine rings is 1. The number of halogens is 4. The highest BCUT2D eigenvalue weighted by atomic mass is 19.4. The van der Waals surface area contributed by atoms with E-state index in [1.54, 1.807) is 12.1 Å². The molecule has 0 saturated carbocycles. The highest BCUT2D eigenvalue weighted by Crippen LogP contribution is 2.28. The lowest BCUT2D eigenvalue weighted by atomic mass is 9.99. The third-order valence-electron chi connectivity index (χ3n) is 3.82. The molecule has 0 bridgehead atoms. The van der Waals surface area contributed by atoms with E-state index >= 15 is 0 Å². The topological polar surface area (TPSA) is 97.0 Å². The molecule has 0 aromatic carbocycles. The molecule has 138 valence electrons. The van der Waals surface area contributed by atoms with Crippen LogP contribution in [0.1, 0.15) is 0 Å². The van der Waals surface area contributed by atoms with Crippen LogP contribution in [0.2, 0.25) is 0 Å². The molecule has 3 heterocycles. The highest BCUT2D eigenvalue weighted by molar-refractivity contribution is 5.82. The number of carbonyl (C=O) groups excluding carboxylic acids is 1. The summed E-state index contributed by atoms with van der Waals surface area (Å²) in [4.78, 5) is 25.0. The predicted octanol–water partition coefficient (Wildman–Crippen LogP) is 1.37. The van der Waals surface area contributed by atoms with Gasteiger partial charge in [0.25, 0.3) is 0 Å². The molecule has 26 heavy (non-hydrogen) atoms. The van der Waals surface area contributed by atoms with Gasteiger partial charge < -0.3 is 16.0 Å². The van der Waals surface area contributed by atoms with Gasteiger partial charge in [0.05, 0.1) is 17.7 Å². The van der Waals surface area contributed by atoms with E-state index in [-0.39, 0.29) is 30.5 Å². The van der Waals surface area contributed by atoms with Gasteiger partial charge >= 0.3 is 6.18 Å². The Hall–Kier alpha value is -2.98. The van der Waals surface area contributed by atoms with Crippen LogP contribution in [0.5, 0.6) is 0 Å². The molecule has 7 nitrogen and oxygen atoms in total. The maximum absolute atomic E-state index is 14.0. The van der Waals surface area contributed by atoms with Crippen molar-refractivity contribution in [3.05, 3.63) is 30.3 Å². The van der Waals surface area contributed by atoms with Crippen LogP contribution < -0.4 is 16.0 Å². The van der Waals surface area contributed by atoms with E-state index in [0.717, 1.165) is 6.20 Å². The van der Waals surface area contributed by atoms with Gasteiger partial charge in [-0.2, -0.15) is 13.2 Å². The van der Waals surface area contributed by atoms with Gasteiger partial charge in [-0.1, -0.05) is 0 Å². The Bertz CT molecular complexity index is 822. The number of nitrogen functional groups attached to an aromatic ring is 1. The molecule has 0 spiro atoms. The van der Waals surface area contributed by atoms with E-state index in [4.69, 9.17) is 5.73 Å². The summed E-state index contributed by atoms with van der Waals surface area (Å²) in [5.74, 6) is -1.80. The number of anilines is 2. The highest BCUT2D eigenvalue weighted by Gasteiger charge is 2.37. The molecule has 0 aliphatic carbocycles. The Morgan fingerprint density at radius 1 is 1.35 bits per heavy atom. The van der Waals surface area contributed by atoms with Crippen LogP contribution in [-0.2, 0) is 4.79 Å². The second-order valence-corrected chi connectivity index (χ2v) is 5.74. The number of nitrogens with zero attached hydrogens (tertiary/aromatic N) is 4. The van der Waals surface area contributed by atoms with Crippen molar-refractivity contribution in [1.82, 2.24) is 20.3 Å². The Labute approximate surface area is 145 Å². The molecule has 1 saturated heterocycles. The normalized spacial score (nSPS) is 14.8. The van der Waals surface area contributed by atoms with Gasteiger partial charge in [0.15, 0.2) is 17.5 Å². The molecule has 1 aliphatic rings. The maximum Gasteiger partial charge on any atom is 0.405 e. The summed E-state index contributed by atoms with van der Waals surface area (Å²) >= 11 is 0. The van der Waals surface area contributed by atoms with Gasteiger partial charge in [-0.05, 0) is 12.1 Å². The maximum atomic E-state index is 14.0. The summed E-state index contributed by atoms with van der Waals surface area (Å²) in [6, 6.07) is 3.26. The fourth-order valence-electron chi connectivity index (χ4n) is 2.47. The second kappa shape index (κ2) is 6.73. The quantitative estimate of drug-likeness (QED) is 0.790. The van der Waals surface area contributed by atoms with E-state index < -0.39 is 30.4 Å². The summed E-state index contributed by atoms with van der Waals surface area (Å²) in [5.41, 5.74) is 6.17. The summed E-state index contributed by atoms with van der Waals surface area (Å²) in [5, 5.41) is 1.81. The van der Waals surface area contributed by atoms with Crippen molar-refractivity contribution >= 4 is 17.5 Å². The van der Waals surface area contributed by atoms with E-state index in [0.29, 0.717) is 5.56 Å². The molecule has 0 unspecified atom stereocenters. The zero-order valence-electron chi connectivity index (χ0n) is 13.3. The first-order valence-corrected chi connectivity index (χ1v) is 7.57. The third-order valence-corrected chi connectivity index (χ3v) is 3.82. The smallest absolute Gasteiger partial charge is 0.383 e. The number of amides is 1. The zero-order valence-corrected chi connectivity index (χ0v) is 13.3. The lowest BCUT2D eigenvalue weighted by Gasteiger charge is -2.39. The average Bonchev–Trinajstić information content (AvgIpc) is 2.53. The molecule has 1 amide bonds. The van der Waals surface area contributed by atoms with Crippen LogP contribution in [0, 0.1) is 11.7 Å². The monoisotopic (exact) mass is 370 g/mol. The minimum absolute atomic E-state index is 0.0434. The summed E-state index contributed by atoms with van der Waals surface area (Å²) < 4.78 is 50.4. The summed E-state index contributed by atoms with van der Waals surface area (Å²) in [6.07, 6.45) is -2.01. The van der Waals surface area contributed by atoms with Crippen molar-refractivity contribution in [2.24, 2.45) is 5.92 Å². The van der Waals surface area contributed by atoms with Crippen LogP contribution in [0.15, 0.2) is 24.5 Å². The molecule has 2 aromatic rings. The van der Waals surface area contributed by atoms with Gasteiger partial charge in [-0.3, -0.25) is 4.79 Å². The van der Waals surface area contributed by atoms with Crippen molar-refractivity contribution in [1.29, 1.82) is 0 Å². The molecule has 0 radical (unpaired) electrons. The Kier molecular flexibility index (Phi) is 4.62. The van der Waals surface area contributed by atoms with E-state index in [2.05, 4.69) is 15.0 Å². The van der Waals surface area contributed by atoms with Crippen LogP contribution in [0.3, 0.4) is 0 Å². The fraction of sp³-hybridized carbons (Fsp3) is 0.333. The van der Waals surface area contributed by atoms with Gasteiger partial charge in [0.1, 0.15) is 12.4 Å². The Morgan fingerprint density at radius 2 is 2.08 bits per heavy atom. The first-order chi connectivity index (χ1) is 12.2. The predicted molar refractivity (Wildman–Crippen MR) is 84.4 cm³/mol. The van der Waals surface area contributed by atoms with Crippen molar-refractivity contribution in [2.45, 2.75) is 6.18 Å². The van der Waals surface area contributed by atoms with E-state index in [9.17, 15) is 22.4 Å². The lowest BCUT2D eigenvalue weighted by molar-refractivity contribution is -0.141. The first kappa shape index (κ1) is 17.8. The van der Waals surface area contributed by atoms with Gasteiger partial charge in [-0.25, -0.2) is 19.3 Å². The first-order valence-electron chi connectivity index (χ1n) is 7.57. The molecule has 3 rings (SSSR count). The zero-order chi connectivity index (χ0) is 18.9. The van der Waals surface area contributed by atoms with Gasteiger partial charge in [-0.15, -0.1) is 0 Å². The third kappa shape index (κ3) is 3.81. The molecule has 1 aliphatic heterocycles. The van der Waals surface area contributed by atoms with Crippen LogP contribution in [-0.4, -0.2) is 46.7 Å². The SMILES string of the molecule is Nc1ncccc1-c1ncc(F)c(N2CC(C(=O)NCC(F)(F)F)C2)n1. The number of rotatable bonds is 4. The standard InChI is InChI=1S/C15H14F4N6O/c16-10-4-22-12(9-2-1-3-21-11(9)20)24-13(10)25-5-8(6-25)14(26)23-7-15(17,18)19/h1-4,8H,5-7H2,(H2,20,21)(H,23,26). The summed E-state index contributed by atoms with van der Waals surface area (Å²) in [7, 11) is 0. The number of nitrogens with one attached hydrogen (secondary N) is 1. The molecule has 3 N–H and O–H groups in total. The molecule has 0 atom stereocenters. The molecule has 1 fully saturated rings. The number of carbonyl (C=O) groups is 1. The summed E-state index contributed by atoms with van der Waals surface area (Å²) in [6.45, 7) is -1.28. The van der Waals surface area contributed by atoms with Crippen molar-refractivity contribution in [2.75, 3.05) is 30.3 Å². The van der Waals surface area contributed by atoms with Gasteiger partial charge in [0, 0.05) is 19.3 Å². The Balaban J connectivity index is 1.69. The minimum Gasteiger partial charge on any atom is -0.383 e.